The Balaban J connectivity index is 1.53. The van der Waals surface area contributed by atoms with E-state index in [1.54, 1.807) is 4.90 Å². The van der Waals surface area contributed by atoms with E-state index in [0.717, 1.165) is 36.1 Å². The molecule has 2 amide bonds. The van der Waals surface area contributed by atoms with Crippen molar-refractivity contribution in [3.8, 4) is 11.4 Å². The van der Waals surface area contributed by atoms with Gasteiger partial charge in [0.1, 0.15) is 6.04 Å². The zero-order valence-corrected chi connectivity index (χ0v) is 15.3. The van der Waals surface area contributed by atoms with Crippen LogP contribution in [0.15, 0.2) is 59.1 Å². The summed E-state index contributed by atoms with van der Waals surface area (Å²) in [7, 11) is 0. The molecule has 27 heavy (non-hydrogen) atoms. The molecule has 6 nitrogen and oxygen atoms in total. The number of urea groups is 1. The molecular weight excluding hydrogens is 340 g/mol. The summed E-state index contributed by atoms with van der Waals surface area (Å²) in [6.07, 6.45) is 2.82. The number of nitrogens with zero attached hydrogens (tertiary/aromatic N) is 3. The molecule has 2 aromatic carbocycles. The van der Waals surface area contributed by atoms with E-state index >= 15 is 0 Å². The lowest BCUT2D eigenvalue weighted by Crippen LogP contribution is -2.41. The molecule has 1 aliphatic heterocycles. The van der Waals surface area contributed by atoms with Gasteiger partial charge < -0.3 is 14.7 Å². The maximum absolute atomic E-state index is 12.8. The molecule has 1 aromatic heterocycles. The second kappa shape index (κ2) is 7.61. The van der Waals surface area contributed by atoms with Gasteiger partial charge in [0, 0.05) is 17.8 Å². The van der Waals surface area contributed by atoms with E-state index in [1.807, 2.05) is 61.5 Å². The van der Waals surface area contributed by atoms with Gasteiger partial charge in [0.05, 0.1) is 0 Å². The summed E-state index contributed by atoms with van der Waals surface area (Å²) in [6, 6.07) is 17.1. The number of nitrogens with one attached hydrogen (secondary N) is 1. The van der Waals surface area contributed by atoms with Crippen LogP contribution >= 0.6 is 0 Å². The van der Waals surface area contributed by atoms with Crippen molar-refractivity contribution in [3.05, 3.63) is 66.1 Å². The van der Waals surface area contributed by atoms with Gasteiger partial charge in [-0.05, 0) is 38.3 Å². The van der Waals surface area contributed by atoms with Crippen LogP contribution in [0.5, 0.6) is 0 Å². The van der Waals surface area contributed by atoms with Gasteiger partial charge in [0.2, 0.25) is 11.7 Å². The van der Waals surface area contributed by atoms with Gasteiger partial charge in [0.25, 0.3) is 0 Å². The largest absolute Gasteiger partial charge is 0.337 e. The van der Waals surface area contributed by atoms with Crippen molar-refractivity contribution in [1.82, 2.24) is 15.0 Å². The number of anilines is 1. The molecule has 0 spiro atoms. The van der Waals surface area contributed by atoms with E-state index in [4.69, 9.17) is 4.52 Å². The van der Waals surface area contributed by atoms with Crippen LogP contribution in [0.25, 0.3) is 11.4 Å². The Morgan fingerprint density at radius 2 is 1.89 bits per heavy atom. The standard InChI is InChI=1S/C21H22N4O2/c1-15-10-12-17(13-11-15)22-21(26)25-14-6-5-9-18(25)20-23-19(24-27-20)16-7-3-2-4-8-16/h2-4,7-8,10-13,18H,5-6,9,14H2,1H3,(H,22,26)/t18-/m0/s1. The van der Waals surface area contributed by atoms with Crippen LogP contribution in [0.3, 0.4) is 0 Å². The molecule has 0 unspecified atom stereocenters. The number of hydrogen-bond acceptors (Lipinski definition) is 4. The number of piperidine rings is 1. The first kappa shape index (κ1) is 17.3. The highest BCUT2D eigenvalue weighted by Gasteiger charge is 2.32. The van der Waals surface area contributed by atoms with Crippen LogP contribution < -0.4 is 5.32 Å². The Morgan fingerprint density at radius 1 is 1.11 bits per heavy atom. The number of aryl methyl sites for hydroxylation is 1. The molecule has 138 valence electrons. The Hall–Kier alpha value is -3.15. The quantitative estimate of drug-likeness (QED) is 0.726. The Labute approximate surface area is 158 Å². The summed E-state index contributed by atoms with van der Waals surface area (Å²) < 4.78 is 5.52. The zero-order valence-electron chi connectivity index (χ0n) is 15.3. The maximum atomic E-state index is 12.8. The fourth-order valence-corrected chi connectivity index (χ4v) is 3.34. The summed E-state index contributed by atoms with van der Waals surface area (Å²) in [5.41, 5.74) is 2.84. The number of rotatable bonds is 3. The van der Waals surface area contributed by atoms with Gasteiger partial charge in [-0.2, -0.15) is 4.98 Å². The maximum Gasteiger partial charge on any atom is 0.322 e. The number of amides is 2. The summed E-state index contributed by atoms with van der Waals surface area (Å²) in [6.45, 7) is 2.69. The Morgan fingerprint density at radius 3 is 2.67 bits per heavy atom. The minimum absolute atomic E-state index is 0.136. The fourth-order valence-electron chi connectivity index (χ4n) is 3.34. The Kier molecular flexibility index (Phi) is 4.87. The van der Waals surface area contributed by atoms with Crippen molar-refractivity contribution in [2.24, 2.45) is 0 Å². The van der Waals surface area contributed by atoms with Crippen LogP contribution in [-0.4, -0.2) is 27.6 Å². The molecule has 1 fully saturated rings. The number of carbonyl (C=O) groups is 1. The molecule has 1 aliphatic rings. The van der Waals surface area contributed by atoms with Crippen LogP contribution in [0.2, 0.25) is 0 Å². The first-order chi connectivity index (χ1) is 13.2. The van der Waals surface area contributed by atoms with Crippen molar-refractivity contribution in [1.29, 1.82) is 0 Å². The zero-order chi connectivity index (χ0) is 18.6. The van der Waals surface area contributed by atoms with Gasteiger partial charge in [-0.25, -0.2) is 4.79 Å². The first-order valence-corrected chi connectivity index (χ1v) is 9.24. The van der Waals surface area contributed by atoms with Gasteiger partial charge in [-0.3, -0.25) is 0 Å². The summed E-state index contributed by atoms with van der Waals surface area (Å²) in [5, 5.41) is 7.08. The molecule has 1 N–H and O–H groups in total. The highest BCUT2D eigenvalue weighted by molar-refractivity contribution is 5.89. The SMILES string of the molecule is Cc1ccc(NC(=O)N2CCCC[C@H]2c2nc(-c3ccccc3)no2)cc1. The Bertz CT molecular complexity index is 905. The number of hydrogen-bond donors (Lipinski definition) is 1. The topological polar surface area (TPSA) is 71.3 Å². The van der Waals surface area contributed by atoms with Gasteiger partial charge in [-0.1, -0.05) is 53.2 Å². The van der Waals surface area contributed by atoms with Crippen molar-refractivity contribution in [3.63, 3.8) is 0 Å². The van der Waals surface area contributed by atoms with Crippen LogP contribution in [0, 0.1) is 6.92 Å². The molecule has 3 aromatic rings. The van der Waals surface area contributed by atoms with Gasteiger partial charge in [-0.15, -0.1) is 0 Å². The third-order valence-corrected chi connectivity index (χ3v) is 4.83. The lowest BCUT2D eigenvalue weighted by atomic mass is 10.0. The second-order valence-corrected chi connectivity index (χ2v) is 6.82. The van der Waals surface area contributed by atoms with Crippen LogP contribution in [0.1, 0.15) is 36.8 Å². The molecular formula is C21H22N4O2. The fraction of sp³-hybridized carbons (Fsp3) is 0.286. The molecule has 1 saturated heterocycles. The van der Waals surface area contributed by atoms with E-state index in [2.05, 4.69) is 15.5 Å². The van der Waals surface area contributed by atoms with E-state index in [-0.39, 0.29) is 12.1 Å². The molecule has 0 bridgehead atoms. The summed E-state index contributed by atoms with van der Waals surface area (Å²) in [5.74, 6) is 1.04. The highest BCUT2D eigenvalue weighted by Crippen LogP contribution is 2.31. The third kappa shape index (κ3) is 3.84. The van der Waals surface area contributed by atoms with E-state index < -0.39 is 0 Å². The number of carbonyl (C=O) groups excluding carboxylic acids is 1. The van der Waals surface area contributed by atoms with E-state index in [9.17, 15) is 4.79 Å². The van der Waals surface area contributed by atoms with Gasteiger partial charge in [0.15, 0.2) is 0 Å². The average molecular weight is 362 g/mol. The minimum Gasteiger partial charge on any atom is -0.337 e. The predicted molar refractivity (Wildman–Crippen MR) is 103 cm³/mol. The highest BCUT2D eigenvalue weighted by atomic mass is 16.5. The van der Waals surface area contributed by atoms with Gasteiger partial charge >= 0.3 is 6.03 Å². The predicted octanol–water partition coefficient (Wildman–Crippen LogP) is 4.80. The van der Waals surface area contributed by atoms with Crippen molar-refractivity contribution < 1.29 is 9.32 Å². The third-order valence-electron chi connectivity index (χ3n) is 4.83. The summed E-state index contributed by atoms with van der Waals surface area (Å²) >= 11 is 0. The lowest BCUT2D eigenvalue weighted by Gasteiger charge is -2.33. The van der Waals surface area contributed by atoms with E-state index in [1.165, 1.54) is 0 Å². The molecule has 4 rings (SSSR count). The molecule has 0 radical (unpaired) electrons. The number of benzene rings is 2. The first-order valence-electron chi connectivity index (χ1n) is 9.24. The minimum atomic E-state index is -0.200. The average Bonchev–Trinajstić information content (AvgIpc) is 3.20. The molecule has 1 atom stereocenters. The van der Waals surface area contributed by atoms with Crippen molar-refractivity contribution in [2.45, 2.75) is 32.2 Å². The number of likely N-dealkylation sites (tertiary alicyclic amines) is 1. The lowest BCUT2D eigenvalue weighted by molar-refractivity contribution is 0.142. The molecule has 0 saturated carbocycles. The van der Waals surface area contributed by atoms with Crippen LogP contribution in [0.4, 0.5) is 10.5 Å². The van der Waals surface area contributed by atoms with Crippen molar-refractivity contribution >= 4 is 11.7 Å². The van der Waals surface area contributed by atoms with E-state index in [0.29, 0.717) is 18.3 Å². The smallest absolute Gasteiger partial charge is 0.322 e. The molecule has 6 heteroatoms. The summed E-state index contributed by atoms with van der Waals surface area (Å²) in [4.78, 5) is 19.2. The second-order valence-electron chi connectivity index (χ2n) is 6.82. The normalized spacial score (nSPS) is 16.9. The molecule has 2 heterocycles. The molecule has 0 aliphatic carbocycles. The van der Waals surface area contributed by atoms with Crippen molar-refractivity contribution in [2.75, 3.05) is 11.9 Å². The number of aromatic nitrogens is 2. The van der Waals surface area contributed by atoms with Crippen LogP contribution in [-0.2, 0) is 0 Å². The monoisotopic (exact) mass is 362 g/mol.